The van der Waals surface area contributed by atoms with Crippen LogP contribution in [0.2, 0.25) is 0 Å². The van der Waals surface area contributed by atoms with Gasteiger partial charge in [0.05, 0.1) is 12.8 Å². The van der Waals surface area contributed by atoms with E-state index in [1.54, 1.807) is 0 Å². The van der Waals surface area contributed by atoms with Gasteiger partial charge in [0.25, 0.3) is 0 Å². The number of esters is 2. The number of rotatable bonds is 8. The molecule has 0 aromatic heterocycles. The molecule has 128 valence electrons. The zero-order valence-electron chi connectivity index (χ0n) is 14.3. The molecule has 0 atom stereocenters. The minimum absolute atomic E-state index is 0.0482. The first-order chi connectivity index (χ1) is 11.6. The molecule has 0 aliphatic carbocycles. The molecule has 4 nitrogen and oxygen atoms in total. The van der Waals surface area contributed by atoms with Crippen LogP contribution in [0.5, 0.6) is 0 Å². The maximum absolute atomic E-state index is 11.8. The van der Waals surface area contributed by atoms with Crippen LogP contribution in [0.25, 0.3) is 10.8 Å². The molecule has 0 N–H and O–H groups in total. The standard InChI is InChI=1S/C20H24O4/c1-3-18(4-2)24-20(22)12-11-19(21)23-14-15-9-10-16-7-5-6-8-17(16)13-15/h5-10,13,18H,3-4,11-12,14H2,1-2H3. The van der Waals surface area contributed by atoms with E-state index in [9.17, 15) is 9.59 Å². The van der Waals surface area contributed by atoms with E-state index in [0.717, 1.165) is 29.2 Å². The van der Waals surface area contributed by atoms with E-state index in [0.29, 0.717) is 0 Å². The van der Waals surface area contributed by atoms with Gasteiger partial charge in [-0.3, -0.25) is 9.59 Å². The lowest BCUT2D eigenvalue weighted by atomic mass is 10.1. The maximum Gasteiger partial charge on any atom is 0.306 e. The van der Waals surface area contributed by atoms with Gasteiger partial charge in [0.2, 0.25) is 0 Å². The Bertz CT molecular complexity index is 689. The molecule has 0 fully saturated rings. The third-order valence-electron chi connectivity index (χ3n) is 3.96. The summed E-state index contributed by atoms with van der Waals surface area (Å²) in [4.78, 5) is 23.4. The third kappa shape index (κ3) is 5.37. The zero-order valence-corrected chi connectivity index (χ0v) is 14.3. The molecule has 0 heterocycles. The van der Waals surface area contributed by atoms with Gasteiger partial charge in [-0.1, -0.05) is 50.2 Å². The molecule has 0 aliphatic heterocycles. The summed E-state index contributed by atoms with van der Waals surface area (Å²) in [6.45, 7) is 4.16. The Kier molecular flexibility index (Phi) is 6.79. The fourth-order valence-corrected chi connectivity index (χ4v) is 2.47. The summed E-state index contributed by atoms with van der Waals surface area (Å²) in [5, 5.41) is 2.26. The van der Waals surface area contributed by atoms with Gasteiger partial charge in [-0.15, -0.1) is 0 Å². The number of benzene rings is 2. The van der Waals surface area contributed by atoms with Gasteiger partial charge in [0, 0.05) is 0 Å². The van der Waals surface area contributed by atoms with Crippen LogP contribution in [0.4, 0.5) is 0 Å². The number of fused-ring (bicyclic) bond motifs is 1. The second-order valence-corrected chi connectivity index (χ2v) is 5.77. The Labute approximate surface area is 142 Å². The highest BCUT2D eigenvalue weighted by atomic mass is 16.5. The smallest absolute Gasteiger partial charge is 0.306 e. The molecule has 2 aromatic carbocycles. The lowest BCUT2D eigenvalue weighted by molar-refractivity contribution is -0.154. The van der Waals surface area contributed by atoms with Crippen molar-refractivity contribution in [3.05, 3.63) is 48.0 Å². The monoisotopic (exact) mass is 328 g/mol. The Balaban J connectivity index is 1.77. The summed E-state index contributed by atoms with van der Waals surface area (Å²) in [7, 11) is 0. The molecule has 2 aromatic rings. The van der Waals surface area contributed by atoms with Crippen LogP contribution in [-0.4, -0.2) is 18.0 Å². The van der Waals surface area contributed by atoms with Gasteiger partial charge in [-0.2, -0.15) is 0 Å². The van der Waals surface area contributed by atoms with Gasteiger partial charge < -0.3 is 9.47 Å². The Hall–Kier alpha value is -2.36. The second kappa shape index (κ2) is 9.06. The highest BCUT2D eigenvalue weighted by Gasteiger charge is 2.13. The first-order valence-electron chi connectivity index (χ1n) is 8.45. The normalized spacial score (nSPS) is 10.8. The van der Waals surface area contributed by atoms with Crippen molar-refractivity contribution in [3.63, 3.8) is 0 Å². The second-order valence-electron chi connectivity index (χ2n) is 5.77. The lowest BCUT2D eigenvalue weighted by Crippen LogP contribution is -2.17. The molecule has 0 spiro atoms. The highest BCUT2D eigenvalue weighted by molar-refractivity contribution is 5.83. The molecular weight excluding hydrogens is 304 g/mol. The van der Waals surface area contributed by atoms with E-state index < -0.39 is 0 Å². The van der Waals surface area contributed by atoms with Crippen LogP contribution in [0.1, 0.15) is 45.1 Å². The van der Waals surface area contributed by atoms with E-state index in [2.05, 4.69) is 0 Å². The van der Waals surface area contributed by atoms with Gasteiger partial charge in [-0.05, 0) is 35.2 Å². The molecule has 0 bridgehead atoms. The van der Waals surface area contributed by atoms with Crippen molar-refractivity contribution in [1.82, 2.24) is 0 Å². The number of hydrogen-bond donors (Lipinski definition) is 0. The fraction of sp³-hybridized carbons (Fsp3) is 0.400. The topological polar surface area (TPSA) is 52.6 Å². The van der Waals surface area contributed by atoms with Crippen LogP contribution in [-0.2, 0) is 25.7 Å². The summed E-state index contributed by atoms with van der Waals surface area (Å²) in [6, 6.07) is 14.0. The van der Waals surface area contributed by atoms with Crippen molar-refractivity contribution in [2.75, 3.05) is 0 Å². The lowest BCUT2D eigenvalue weighted by Gasteiger charge is -2.13. The maximum atomic E-state index is 11.8. The van der Waals surface area contributed by atoms with Gasteiger partial charge in [0.15, 0.2) is 0 Å². The molecule has 0 radical (unpaired) electrons. The largest absolute Gasteiger partial charge is 0.462 e. The van der Waals surface area contributed by atoms with Crippen LogP contribution in [0.3, 0.4) is 0 Å². The molecular formula is C20H24O4. The zero-order chi connectivity index (χ0) is 17.4. The van der Waals surface area contributed by atoms with E-state index >= 15 is 0 Å². The average molecular weight is 328 g/mol. The van der Waals surface area contributed by atoms with Crippen molar-refractivity contribution in [2.45, 2.75) is 52.2 Å². The van der Waals surface area contributed by atoms with Crippen molar-refractivity contribution < 1.29 is 19.1 Å². The summed E-state index contributed by atoms with van der Waals surface area (Å²) < 4.78 is 10.5. The Morgan fingerprint density at radius 2 is 1.58 bits per heavy atom. The van der Waals surface area contributed by atoms with Crippen LogP contribution in [0.15, 0.2) is 42.5 Å². The SMILES string of the molecule is CCC(CC)OC(=O)CCC(=O)OCc1ccc2ccccc2c1. The van der Waals surface area contributed by atoms with Crippen LogP contribution in [0, 0.1) is 0 Å². The summed E-state index contributed by atoms with van der Waals surface area (Å²) in [5.41, 5.74) is 0.932. The minimum atomic E-state index is -0.385. The minimum Gasteiger partial charge on any atom is -0.462 e. The van der Waals surface area contributed by atoms with Crippen LogP contribution >= 0.6 is 0 Å². The number of hydrogen-bond acceptors (Lipinski definition) is 4. The third-order valence-corrected chi connectivity index (χ3v) is 3.96. The predicted molar refractivity (Wildman–Crippen MR) is 93.4 cm³/mol. The summed E-state index contributed by atoms with van der Waals surface area (Å²) >= 11 is 0. The number of carbonyl (C=O) groups excluding carboxylic acids is 2. The number of carbonyl (C=O) groups is 2. The molecule has 0 amide bonds. The molecule has 2 rings (SSSR count). The van der Waals surface area contributed by atoms with Gasteiger partial charge >= 0.3 is 11.9 Å². The highest BCUT2D eigenvalue weighted by Crippen LogP contribution is 2.16. The first kappa shape index (κ1) is 18.0. The Morgan fingerprint density at radius 3 is 2.29 bits per heavy atom. The van der Waals surface area contributed by atoms with E-state index in [1.807, 2.05) is 56.3 Å². The van der Waals surface area contributed by atoms with Gasteiger partial charge in [0.1, 0.15) is 12.7 Å². The first-order valence-corrected chi connectivity index (χ1v) is 8.45. The number of ether oxygens (including phenoxy) is 2. The van der Waals surface area contributed by atoms with Crippen molar-refractivity contribution >= 4 is 22.7 Å². The van der Waals surface area contributed by atoms with E-state index in [1.165, 1.54) is 0 Å². The molecule has 0 aliphatic rings. The molecule has 24 heavy (non-hydrogen) atoms. The summed E-state index contributed by atoms with van der Waals surface area (Å²) in [5.74, 6) is -0.726. The van der Waals surface area contributed by atoms with Crippen molar-refractivity contribution in [3.8, 4) is 0 Å². The van der Waals surface area contributed by atoms with Gasteiger partial charge in [-0.25, -0.2) is 0 Å². The Morgan fingerprint density at radius 1 is 0.917 bits per heavy atom. The average Bonchev–Trinajstić information content (AvgIpc) is 2.62. The molecule has 4 heteroatoms. The molecule has 0 unspecified atom stereocenters. The predicted octanol–water partition coefficient (Wildman–Crippen LogP) is 4.40. The van der Waals surface area contributed by atoms with Crippen LogP contribution < -0.4 is 0 Å². The van der Waals surface area contributed by atoms with Crippen molar-refractivity contribution in [1.29, 1.82) is 0 Å². The molecule has 0 saturated heterocycles. The summed E-state index contributed by atoms with van der Waals surface area (Å²) in [6.07, 6.45) is 1.62. The van der Waals surface area contributed by atoms with E-state index in [4.69, 9.17) is 9.47 Å². The quantitative estimate of drug-likeness (QED) is 0.674. The van der Waals surface area contributed by atoms with E-state index in [-0.39, 0.29) is 37.5 Å². The van der Waals surface area contributed by atoms with Crippen molar-refractivity contribution in [2.24, 2.45) is 0 Å². The molecule has 0 saturated carbocycles. The fourth-order valence-electron chi connectivity index (χ4n) is 2.47.